The van der Waals surface area contributed by atoms with Crippen molar-refractivity contribution in [2.24, 2.45) is 7.05 Å². The van der Waals surface area contributed by atoms with Crippen LogP contribution >= 0.6 is 0 Å². The van der Waals surface area contributed by atoms with Crippen molar-refractivity contribution in [3.05, 3.63) is 24.8 Å². The van der Waals surface area contributed by atoms with Crippen LogP contribution < -0.4 is 10.6 Å². The summed E-state index contributed by atoms with van der Waals surface area (Å²) in [6, 6.07) is 1.49. The van der Waals surface area contributed by atoms with E-state index in [0.29, 0.717) is 5.82 Å². The molecule has 1 amide bonds. The Kier molecular flexibility index (Phi) is 2.86. The highest BCUT2D eigenvalue weighted by Gasteiger charge is 2.03. The fourth-order valence-corrected chi connectivity index (χ4v) is 1.24. The Morgan fingerprint density at radius 2 is 2.18 bits per heavy atom. The van der Waals surface area contributed by atoms with Crippen LogP contribution in [0.25, 0.3) is 0 Å². The molecule has 17 heavy (non-hydrogen) atoms. The van der Waals surface area contributed by atoms with Crippen molar-refractivity contribution in [3.63, 3.8) is 0 Å². The summed E-state index contributed by atoms with van der Waals surface area (Å²) in [7, 11) is 1.79. The van der Waals surface area contributed by atoms with E-state index in [-0.39, 0.29) is 5.82 Å². The topological polar surface area (TPSA) is 105 Å². The van der Waals surface area contributed by atoms with E-state index < -0.39 is 6.09 Å². The van der Waals surface area contributed by atoms with Gasteiger partial charge in [-0.15, -0.1) is 0 Å². The van der Waals surface area contributed by atoms with Crippen molar-refractivity contribution < 1.29 is 9.90 Å². The molecule has 0 unspecified atom stereocenters. The number of aromatic nitrogens is 4. The van der Waals surface area contributed by atoms with E-state index in [0.717, 1.165) is 5.69 Å². The average molecular weight is 234 g/mol. The molecule has 0 saturated heterocycles. The molecule has 0 aliphatic rings. The summed E-state index contributed by atoms with van der Waals surface area (Å²) >= 11 is 0. The third kappa shape index (κ3) is 2.91. The average Bonchev–Trinajstić information content (AvgIpc) is 2.63. The number of aryl methyl sites for hydroxylation is 1. The lowest BCUT2D eigenvalue weighted by Gasteiger charge is -2.04. The highest BCUT2D eigenvalue weighted by Crippen LogP contribution is 2.14. The molecule has 2 rings (SSSR count). The molecule has 3 N–H and O–H groups in total. The van der Waals surface area contributed by atoms with E-state index in [1.807, 2.05) is 0 Å². The number of nitrogens with one attached hydrogen (secondary N) is 2. The molecule has 0 bridgehead atoms. The van der Waals surface area contributed by atoms with Crippen LogP contribution in [0.15, 0.2) is 24.8 Å². The number of hydrogen-bond donors (Lipinski definition) is 3. The van der Waals surface area contributed by atoms with Crippen LogP contribution in [0, 0.1) is 0 Å². The minimum atomic E-state index is -1.17. The SMILES string of the molecule is Cn1cc(Nc2cc(NC(=O)O)ncn2)cn1. The van der Waals surface area contributed by atoms with E-state index >= 15 is 0 Å². The second kappa shape index (κ2) is 4.47. The maximum absolute atomic E-state index is 10.4. The molecule has 0 spiro atoms. The standard InChI is InChI=1S/C9H10N6O2/c1-15-4-6(3-12-15)13-7-2-8(11-5-10-7)14-9(16)17/h2-5H,1H3,(H,16,17)(H2,10,11,13,14). The van der Waals surface area contributed by atoms with Gasteiger partial charge in [0.15, 0.2) is 0 Å². The van der Waals surface area contributed by atoms with E-state index in [1.54, 1.807) is 24.1 Å². The van der Waals surface area contributed by atoms with Crippen LogP contribution in [-0.2, 0) is 7.05 Å². The molecule has 0 fully saturated rings. The monoisotopic (exact) mass is 234 g/mol. The zero-order valence-electron chi connectivity index (χ0n) is 8.95. The first-order valence-electron chi connectivity index (χ1n) is 4.71. The van der Waals surface area contributed by atoms with Crippen molar-refractivity contribution in [1.82, 2.24) is 19.7 Å². The van der Waals surface area contributed by atoms with E-state index in [2.05, 4.69) is 25.7 Å². The Morgan fingerprint density at radius 1 is 1.41 bits per heavy atom. The van der Waals surface area contributed by atoms with Crippen molar-refractivity contribution >= 4 is 23.4 Å². The predicted octanol–water partition coefficient (Wildman–Crippen LogP) is 1.04. The summed E-state index contributed by atoms with van der Waals surface area (Å²) in [6.45, 7) is 0. The number of rotatable bonds is 3. The molecule has 2 heterocycles. The lowest BCUT2D eigenvalue weighted by molar-refractivity contribution is 0.209. The maximum atomic E-state index is 10.4. The van der Waals surface area contributed by atoms with Gasteiger partial charge in [0.25, 0.3) is 0 Å². The van der Waals surface area contributed by atoms with Crippen LogP contribution in [-0.4, -0.2) is 30.9 Å². The molecule has 0 aliphatic carbocycles. The molecule has 88 valence electrons. The van der Waals surface area contributed by atoms with Gasteiger partial charge in [-0.25, -0.2) is 14.8 Å². The molecular weight excluding hydrogens is 224 g/mol. The zero-order chi connectivity index (χ0) is 12.3. The third-order valence-corrected chi connectivity index (χ3v) is 1.88. The molecule has 0 saturated carbocycles. The molecule has 8 heteroatoms. The molecular formula is C9H10N6O2. The van der Waals surface area contributed by atoms with Gasteiger partial charge in [0.05, 0.1) is 11.9 Å². The van der Waals surface area contributed by atoms with Gasteiger partial charge in [-0.3, -0.25) is 10.00 Å². The van der Waals surface area contributed by atoms with Crippen LogP contribution in [0.3, 0.4) is 0 Å². The molecule has 2 aromatic heterocycles. The van der Waals surface area contributed by atoms with Crippen molar-refractivity contribution in [2.75, 3.05) is 10.6 Å². The van der Waals surface area contributed by atoms with Gasteiger partial charge in [0.2, 0.25) is 0 Å². The second-order valence-electron chi connectivity index (χ2n) is 3.25. The van der Waals surface area contributed by atoms with Gasteiger partial charge in [0, 0.05) is 19.3 Å². The smallest absolute Gasteiger partial charge is 0.410 e. The number of nitrogens with zero attached hydrogens (tertiary/aromatic N) is 4. The summed E-state index contributed by atoms with van der Waals surface area (Å²) < 4.78 is 1.64. The van der Waals surface area contributed by atoms with Crippen LogP contribution in [0.5, 0.6) is 0 Å². The van der Waals surface area contributed by atoms with E-state index in [9.17, 15) is 4.79 Å². The number of amides is 1. The first-order valence-corrected chi connectivity index (χ1v) is 4.71. The molecule has 0 radical (unpaired) electrons. The summed E-state index contributed by atoms with van der Waals surface area (Å²) in [6.07, 6.45) is 3.50. The first-order chi connectivity index (χ1) is 8.13. The lowest BCUT2D eigenvalue weighted by Crippen LogP contribution is -2.09. The Hall–Kier alpha value is -2.64. The number of anilines is 3. The zero-order valence-corrected chi connectivity index (χ0v) is 8.95. The maximum Gasteiger partial charge on any atom is 0.410 e. The third-order valence-electron chi connectivity index (χ3n) is 1.88. The summed E-state index contributed by atoms with van der Waals surface area (Å²) in [4.78, 5) is 18.2. The fourth-order valence-electron chi connectivity index (χ4n) is 1.24. The molecule has 0 aliphatic heterocycles. The Labute approximate surface area is 96.3 Å². The number of hydrogen-bond acceptors (Lipinski definition) is 5. The van der Waals surface area contributed by atoms with Crippen LogP contribution in [0.4, 0.5) is 22.1 Å². The lowest BCUT2D eigenvalue weighted by atomic mass is 10.5. The van der Waals surface area contributed by atoms with Gasteiger partial charge >= 0.3 is 6.09 Å². The Bertz CT molecular complexity index is 538. The van der Waals surface area contributed by atoms with Gasteiger partial charge in [0.1, 0.15) is 18.0 Å². The number of carbonyl (C=O) groups is 1. The first kappa shape index (κ1) is 10.9. The highest BCUT2D eigenvalue weighted by atomic mass is 16.4. The Balaban J connectivity index is 2.13. The summed E-state index contributed by atoms with van der Waals surface area (Å²) in [5.41, 5.74) is 0.757. The molecule has 0 atom stereocenters. The minimum Gasteiger partial charge on any atom is -0.465 e. The normalized spacial score (nSPS) is 9.94. The van der Waals surface area contributed by atoms with Gasteiger partial charge in [-0.1, -0.05) is 0 Å². The predicted molar refractivity (Wildman–Crippen MR) is 60.2 cm³/mol. The summed E-state index contributed by atoms with van der Waals surface area (Å²) in [5.74, 6) is 0.690. The Morgan fingerprint density at radius 3 is 2.82 bits per heavy atom. The molecule has 8 nitrogen and oxygen atoms in total. The minimum absolute atomic E-state index is 0.207. The largest absolute Gasteiger partial charge is 0.465 e. The summed E-state index contributed by atoms with van der Waals surface area (Å²) in [5, 5.41) is 17.6. The van der Waals surface area contributed by atoms with Gasteiger partial charge in [-0.2, -0.15) is 5.10 Å². The van der Waals surface area contributed by atoms with Gasteiger partial charge < -0.3 is 10.4 Å². The molecule has 0 aromatic carbocycles. The number of carboxylic acid groups (broad SMARTS) is 1. The highest BCUT2D eigenvalue weighted by molar-refractivity contribution is 5.82. The van der Waals surface area contributed by atoms with Crippen molar-refractivity contribution in [3.8, 4) is 0 Å². The van der Waals surface area contributed by atoms with Gasteiger partial charge in [-0.05, 0) is 0 Å². The van der Waals surface area contributed by atoms with E-state index in [1.165, 1.54) is 12.4 Å². The fraction of sp³-hybridized carbons (Fsp3) is 0.111. The second-order valence-corrected chi connectivity index (χ2v) is 3.25. The van der Waals surface area contributed by atoms with Crippen molar-refractivity contribution in [2.45, 2.75) is 0 Å². The quantitative estimate of drug-likeness (QED) is 0.732. The van der Waals surface area contributed by atoms with Crippen LogP contribution in [0.2, 0.25) is 0 Å². The van der Waals surface area contributed by atoms with Crippen LogP contribution in [0.1, 0.15) is 0 Å². The van der Waals surface area contributed by atoms with Crippen molar-refractivity contribution in [1.29, 1.82) is 0 Å². The molecule has 2 aromatic rings. The van der Waals surface area contributed by atoms with E-state index in [4.69, 9.17) is 5.11 Å².